The molecule has 2 heterocycles. The van der Waals surface area contributed by atoms with E-state index >= 15 is 0 Å². The molecule has 2 aromatic heterocycles. The summed E-state index contributed by atoms with van der Waals surface area (Å²) in [5.41, 5.74) is 2.19. The van der Waals surface area contributed by atoms with Crippen LogP contribution in [-0.4, -0.2) is 23.5 Å². The van der Waals surface area contributed by atoms with E-state index in [0.29, 0.717) is 15.2 Å². The largest absolute Gasteiger partial charge is 0.378 e. The van der Waals surface area contributed by atoms with Gasteiger partial charge in [-0.25, -0.2) is 0 Å². The fourth-order valence-electron chi connectivity index (χ4n) is 2.25. The molecule has 0 aliphatic carbocycles. The average molecular weight is 313 g/mol. The first kappa shape index (κ1) is 14.5. The molecule has 0 bridgehead atoms. The molecule has 3 rings (SSSR count). The predicted molar refractivity (Wildman–Crippen MR) is 89.9 cm³/mol. The number of benzene rings is 1. The van der Waals surface area contributed by atoms with Crippen molar-refractivity contribution in [2.24, 2.45) is 0 Å². The summed E-state index contributed by atoms with van der Waals surface area (Å²) in [7, 11) is 3.96. The molecule has 3 aromatic rings. The van der Waals surface area contributed by atoms with E-state index in [2.05, 4.69) is 4.98 Å². The van der Waals surface area contributed by atoms with E-state index in [1.54, 1.807) is 6.92 Å². The van der Waals surface area contributed by atoms with Crippen LogP contribution >= 0.6 is 11.3 Å². The number of nitrogens with zero attached hydrogens (tertiary/aromatic N) is 3. The van der Waals surface area contributed by atoms with Crippen molar-refractivity contribution in [3.8, 4) is 0 Å². The average Bonchev–Trinajstić information content (AvgIpc) is 2.75. The molecular weight excluding hydrogens is 298 g/mol. The van der Waals surface area contributed by atoms with Crippen LogP contribution in [0.4, 0.5) is 5.69 Å². The molecule has 22 heavy (non-hydrogen) atoms. The van der Waals surface area contributed by atoms with Gasteiger partial charge in [-0.15, -0.1) is 0 Å². The molecular formula is C16H15N3O2S. The van der Waals surface area contributed by atoms with Gasteiger partial charge < -0.3 is 4.90 Å². The van der Waals surface area contributed by atoms with Gasteiger partial charge in [-0.1, -0.05) is 23.5 Å². The number of fused-ring (bicyclic) bond motifs is 1. The maximum Gasteiger partial charge on any atom is 0.274 e. The fourth-order valence-corrected chi connectivity index (χ4v) is 3.27. The SMILES string of the molecule is Cc1cc(=O)nc2s/c(=C\c3ccc(N(C)C)cc3)c(=O)n12. The molecule has 0 radical (unpaired) electrons. The lowest BCUT2D eigenvalue weighted by atomic mass is 10.2. The zero-order valence-corrected chi connectivity index (χ0v) is 13.3. The van der Waals surface area contributed by atoms with Gasteiger partial charge in [0.15, 0.2) is 0 Å². The van der Waals surface area contributed by atoms with Crippen molar-refractivity contribution >= 4 is 28.1 Å². The minimum Gasteiger partial charge on any atom is -0.378 e. The Morgan fingerprint density at radius 3 is 2.50 bits per heavy atom. The van der Waals surface area contributed by atoms with Crippen molar-refractivity contribution in [3.05, 3.63) is 66.8 Å². The van der Waals surface area contributed by atoms with E-state index in [1.165, 1.54) is 21.8 Å². The maximum atomic E-state index is 12.4. The van der Waals surface area contributed by atoms with Crippen molar-refractivity contribution in [3.63, 3.8) is 0 Å². The normalized spacial score (nSPS) is 12.0. The molecule has 5 nitrogen and oxygen atoms in total. The quantitative estimate of drug-likeness (QED) is 0.709. The van der Waals surface area contributed by atoms with Crippen LogP contribution < -0.4 is 20.6 Å². The number of hydrogen-bond donors (Lipinski definition) is 0. The van der Waals surface area contributed by atoms with Gasteiger partial charge in [0.05, 0.1) is 4.53 Å². The van der Waals surface area contributed by atoms with E-state index in [-0.39, 0.29) is 11.1 Å². The number of thiazole rings is 1. The van der Waals surface area contributed by atoms with Crippen LogP contribution in [0.25, 0.3) is 11.0 Å². The van der Waals surface area contributed by atoms with E-state index in [0.717, 1.165) is 11.3 Å². The third-order valence-corrected chi connectivity index (χ3v) is 4.37. The van der Waals surface area contributed by atoms with Crippen LogP contribution in [0, 0.1) is 6.92 Å². The molecule has 0 saturated carbocycles. The molecule has 0 spiro atoms. The van der Waals surface area contributed by atoms with Crippen LogP contribution in [0.3, 0.4) is 0 Å². The highest BCUT2D eigenvalue weighted by Gasteiger charge is 2.07. The number of aryl methyl sites for hydroxylation is 1. The lowest BCUT2D eigenvalue weighted by molar-refractivity contribution is 0.998. The van der Waals surface area contributed by atoms with Gasteiger partial charge in [0.2, 0.25) is 4.96 Å². The first-order chi connectivity index (χ1) is 10.5. The zero-order chi connectivity index (χ0) is 15.9. The molecule has 1 aromatic carbocycles. The fraction of sp³-hybridized carbons (Fsp3) is 0.188. The standard InChI is InChI=1S/C16H15N3O2S/c1-10-8-14(20)17-16-19(10)15(21)13(22-16)9-11-4-6-12(7-5-11)18(2)3/h4-9H,1-3H3/b13-9-. The third-order valence-electron chi connectivity index (χ3n) is 3.40. The number of anilines is 1. The summed E-state index contributed by atoms with van der Waals surface area (Å²) >= 11 is 1.23. The van der Waals surface area contributed by atoms with Crippen LogP contribution in [0.5, 0.6) is 0 Å². The third kappa shape index (κ3) is 2.53. The van der Waals surface area contributed by atoms with Gasteiger partial charge in [-0.05, 0) is 30.7 Å². The lowest BCUT2D eigenvalue weighted by Crippen LogP contribution is -2.25. The monoisotopic (exact) mass is 313 g/mol. The van der Waals surface area contributed by atoms with Crippen molar-refractivity contribution in [1.82, 2.24) is 9.38 Å². The molecule has 6 heteroatoms. The molecule has 0 N–H and O–H groups in total. The van der Waals surface area contributed by atoms with Crippen LogP contribution in [-0.2, 0) is 0 Å². The summed E-state index contributed by atoms with van der Waals surface area (Å²) in [5.74, 6) is 0. The molecule has 112 valence electrons. The minimum absolute atomic E-state index is 0.137. The van der Waals surface area contributed by atoms with Gasteiger partial charge in [0.25, 0.3) is 11.1 Å². The Morgan fingerprint density at radius 2 is 1.86 bits per heavy atom. The zero-order valence-electron chi connectivity index (χ0n) is 12.5. The van der Waals surface area contributed by atoms with Crippen molar-refractivity contribution in [2.75, 3.05) is 19.0 Å². The molecule has 0 unspecified atom stereocenters. The van der Waals surface area contributed by atoms with Gasteiger partial charge in [0.1, 0.15) is 0 Å². The highest BCUT2D eigenvalue weighted by molar-refractivity contribution is 7.15. The van der Waals surface area contributed by atoms with Gasteiger partial charge in [0, 0.05) is 31.5 Å². The highest BCUT2D eigenvalue weighted by atomic mass is 32.1. The molecule has 0 atom stereocenters. The second-order valence-corrected chi connectivity index (χ2v) is 6.26. The summed E-state index contributed by atoms with van der Waals surface area (Å²) in [4.78, 5) is 30.2. The lowest BCUT2D eigenvalue weighted by Gasteiger charge is -2.11. The van der Waals surface area contributed by atoms with E-state index < -0.39 is 0 Å². The first-order valence-corrected chi connectivity index (χ1v) is 7.60. The van der Waals surface area contributed by atoms with Crippen LogP contribution in [0.2, 0.25) is 0 Å². The Bertz CT molecular complexity index is 1000. The maximum absolute atomic E-state index is 12.4. The smallest absolute Gasteiger partial charge is 0.274 e. The van der Waals surface area contributed by atoms with E-state index in [1.807, 2.05) is 49.3 Å². The number of aromatic nitrogens is 2. The predicted octanol–water partition coefficient (Wildman–Crippen LogP) is 1.04. The summed E-state index contributed by atoms with van der Waals surface area (Å²) < 4.78 is 2.05. The first-order valence-electron chi connectivity index (χ1n) is 6.78. The van der Waals surface area contributed by atoms with Gasteiger partial charge in [-0.2, -0.15) is 4.98 Å². The highest BCUT2D eigenvalue weighted by Crippen LogP contribution is 2.12. The van der Waals surface area contributed by atoms with Gasteiger partial charge in [-0.3, -0.25) is 14.0 Å². The molecule has 0 aliphatic rings. The molecule has 0 fully saturated rings. The Balaban J connectivity index is 2.17. The number of hydrogen-bond acceptors (Lipinski definition) is 5. The Kier molecular flexibility index (Phi) is 3.54. The van der Waals surface area contributed by atoms with Crippen LogP contribution in [0.1, 0.15) is 11.3 Å². The van der Waals surface area contributed by atoms with Crippen molar-refractivity contribution in [1.29, 1.82) is 0 Å². The molecule has 0 aliphatic heterocycles. The number of rotatable bonds is 2. The summed E-state index contributed by atoms with van der Waals surface area (Å²) in [6.07, 6.45) is 1.82. The summed E-state index contributed by atoms with van der Waals surface area (Å²) in [5, 5.41) is 0. The molecule has 0 amide bonds. The Hall–Kier alpha value is -2.47. The second kappa shape index (κ2) is 5.38. The van der Waals surface area contributed by atoms with Crippen LogP contribution in [0.15, 0.2) is 39.9 Å². The summed E-state index contributed by atoms with van der Waals surface area (Å²) in [6, 6.07) is 9.29. The Morgan fingerprint density at radius 1 is 1.18 bits per heavy atom. The molecule has 0 saturated heterocycles. The topological polar surface area (TPSA) is 54.7 Å². The Labute approximate surface area is 130 Å². The van der Waals surface area contributed by atoms with Crippen molar-refractivity contribution in [2.45, 2.75) is 6.92 Å². The van der Waals surface area contributed by atoms with E-state index in [4.69, 9.17) is 0 Å². The minimum atomic E-state index is -0.319. The van der Waals surface area contributed by atoms with Crippen molar-refractivity contribution < 1.29 is 0 Å². The second-order valence-electron chi connectivity index (χ2n) is 5.26. The van der Waals surface area contributed by atoms with Gasteiger partial charge >= 0.3 is 0 Å². The summed E-state index contributed by atoms with van der Waals surface area (Å²) in [6.45, 7) is 1.74. The van der Waals surface area contributed by atoms with E-state index in [9.17, 15) is 9.59 Å².